The van der Waals surface area contributed by atoms with E-state index in [1.807, 2.05) is 18.2 Å². The van der Waals surface area contributed by atoms with Gasteiger partial charge in [-0.2, -0.15) is 0 Å². The zero-order chi connectivity index (χ0) is 14.5. The Bertz CT molecular complexity index is 539. The van der Waals surface area contributed by atoms with Crippen molar-refractivity contribution in [1.82, 2.24) is 4.90 Å². The molecule has 1 fully saturated rings. The van der Waals surface area contributed by atoms with E-state index in [0.717, 1.165) is 5.90 Å². The lowest BCUT2D eigenvalue weighted by atomic mass is 9.94. The van der Waals surface area contributed by atoms with Gasteiger partial charge in [0.05, 0.1) is 11.6 Å². The summed E-state index contributed by atoms with van der Waals surface area (Å²) in [7, 11) is 0. The van der Waals surface area contributed by atoms with Crippen LogP contribution in [0.5, 0.6) is 0 Å². The van der Waals surface area contributed by atoms with Gasteiger partial charge in [0.15, 0.2) is 0 Å². The molecule has 0 bridgehead atoms. The van der Waals surface area contributed by atoms with Crippen molar-refractivity contribution in [2.24, 2.45) is 4.99 Å². The van der Waals surface area contributed by atoms with Crippen LogP contribution in [0.4, 0.5) is 0 Å². The van der Waals surface area contributed by atoms with Gasteiger partial charge < -0.3 is 4.74 Å². The van der Waals surface area contributed by atoms with Crippen molar-refractivity contribution < 1.29 is 6.11 Å². The Morgan fingerprint density at radius 3 is 2.63 bits per heavy atom. The summed E-state index contributed by atoms with van der Waals surface area (Å²) in [4.78, 5) is 6.78. The molecule has 1 aromatic rings. The summed E-state index contributed by atoms with van der Waals surface area (Å²) in [5, 5.41) is 0. The smallest absolute Gasteiger partial charge is 0.203 e. The van der Waals surface area contributed by atoms with Crippen LogP contribution in [-0.4, -0.2) is 35.5 Å². The molecule has 1 aromatic carbocycles. The molecule has 0 amide bonds. The summed E-state index contributed by atoms with van der Waals surface area (Å²) in [5.74, 6) is 0.735. The van der Waals surface area contributed by atoms with Gasteiger partial charge in [0.25, 0.3) is 0 Å². The summed E-state index contributed by atoms with van der Waals surface area (Å²) in [6.45, 7) is 8.79. The molecule has 0 spiro atoms. The van der Waals surface area contributed by atoms with E-state index in [2.05, 4.69) is 49.7 Å². The van der Waals surface area contributed by atoms with E-state index in [9.17, 15) is 0 Å². The second-order valence-electron chi connectivity index (χ2n) is 6.48. The fraction of sp³-hybridized carbons (Fsp3) is 0.562. The van der Waals surface area contributed by atoms with Crippen molar-refractivity contribution in [2.75, 3.05) is 13.1 Å². The Kier molecular flexibility index (Phi) is 2.46. The van der Waals surface area contributed by atoms with Gasteiger partial charge in [-0.15, -0.1) is 0 Å². The van der Waals surface area contributed by atoms with Crippen molar-refractivity contribution in [3.05, 3.63) is 35.9 Å². The van der Waals surface area contributed by atoms with Gasteiger partial charge in [-0.1, -0.05) is 30.3 Å². The summed E-state index contributed by atoms with van der Waals surface area (Å²) < 4.78 is 14.0. The normalized spacial score (nSPS) is 33.4. The van der Waals surface area contributed by atoms with Gasteiger partial charge in [0, 0.05) is 13.4 Å². The first kappa shape index (κ1) is 11.5. The summed E-state index contributed by atoms with van der Waals surface area (Å²) in [6, 6.07) is 10.3. The molecule has 102 valence electrons. The minimum Gasteiger partial charge on any atom is -0.477 e. The van der Waals surface area contributed by atoms with E-state index in [1.54, 1.807) is 0 Å². The van der Waals surface area contributed by atoms with Crippen LogP contribution < -0.4 is 0 Å². The Morgan fingerprint density at radius 1 is 1.37 bits per heavy atom. The van der Waals surface area contributed by atoms with Crippen molar-refractivity contribution in [1.29, 1.82) is 0 Å². The molecule has 3 heteroatoms. The lowest BCUT2D eigenvalue weighted by molar-refractivity contribution is 0.248. The largest absolute Gasteiger partial charge is 0.477 e. The van der Waals surface area contributed by atoms with Crippen LogP contribution in [0.3, 0.4) is 0 Å². The monoisotopic (exact) mass is 259 g/mol. The number of hydrogen-bond acceptors (Lipinski definition) is 3. The first-order valence-electron chi connectivity index (χ1n) is 7.39. The zero-order valence-corrected chi connectivity index (χ0v) is 12.1. The summed E-state index contributed by atoms with van der Waals surface area (Å²) in [6.07, 6.45) is 0. The van der Waals surface area contributed by atoms with Gasteiger partial charge in [-0.05, 0) is 33.3 Å². The molecule has 3 rings (SSSR count). The van der Waals surface area contributed by atoms with E-state index in [4.69, 9.17) is 6.11 Å². The standard InChI is InChI=1S/C16H22N2O/c1-15(2)11-19-14(17-15)13-10-18(13)16(3,4)12-8-6-5-7-9-12/h5-9,13H,10-11H2,1-4H3/t13-,18?/m0/s1/i10D/t10-,13-,18?. The van der Waals surface area contributed by atoms with Gasteiger partial charge in [-0.25, -0.2) is 4.99 Å². The molecule has 2 aliphatic rings. The number of rotatable bonds is 3. The first-order chi connectivity index (χ1) is 9.33. The van der Waals surface area contributed by atoms with E-state index < -0.39 is 0 Å². The minimum absolute atomic E-state index is 0.00742. The molecule has 1 unspecified atom stereocenters. The van der Waals surface area contributed by atoms with Crippen LogP contribution in [0.1, 0.15) is 34.6 Å². The molecule has 0 N–H and O–H groups in total. The van der Waals surface area contributed by atoms with Gasteiger partial charge in [0.1, 0.15) is 6.61 Å². The molecule has 3 nitrogen and oxygen atoms in total. The maximum Gasteiger partial charge on any atom is 0.203 e. The molecule has 2 heterocycles. The summed E-state index contributed by atoms with van der Waals surface area (Å²) in [5.41, 5.74) is 0.884. The average molecular weight is 259 g/mol. The topological polar surface area (TPSA) is 24.6 Å². The predicted octanol–water partition coefficient (Wildman–Crippen LogP) is 2.81. The Labute approximate surface area is 116 Å². The van der Waals surface area contributed by atoms with Crippen LogP contribution in [0.25, 0.3) is 0 Å². The lowest BCUT2D eigenvalue weighted by Gasteiger charge is -2.28. The molecule has 3 atom stereocenters. The van der Waals surface area contributed by atoms with Gasteiger partial charge >= 0.3 is 0 Å². The van der Waals surface area contributed by atoms with Crippen molar-refractivity contribution in [3.8, 4) is 0 Å². The average Bonchev–Trinajstić information content (AvgIpc) is 2.95. The highest BCUT2D eigenvalue weighted by Crippen LogP contribution is 2.39. The van der Waals surface area contributed by atoms with Crippen molar-refractivity contribution in [3.63, 3.8) is 0 Å². The van der Waals surface area contributed by atoms with Crippen molar-refractivity contribution in [2.45, 2.75) is 44.8 Å². The van der Waals surface area contributed by atoms with Crippen molar-refractivity contribution >= 4 is 5.90 Å². The van der Waals surface area contributed by atoms with Crippen LogP contribution in [0.2, 0.25) is 0 Å². The second kappa shape index (κ2) is 4.07. The zero-order valence-electron chi connectivity index (χ0n) is 13.1. The second-order valence-corrected chi connectivity index (χ2v) is 6.48. The third-order valence-corrected chi connectivity index (χ3v) is 3.88. The SMILES string of the molecule is [2H][C@H]1[C@@H](C2=NC(C)(C)CO2)N1C(C)(C)c1ccccc1. The highest BCUT2D eigenvalue weighted by Gasteiger charge is 2.50. The molecule has 0 aromatic heterocycles. The Morgan fingerprint density at radius 2 is 2.05 bits per heavy atom. The number of nitrogens with zero attached hydrogens (tertiary/aromatic N) is 2. The summed E-state index contributed by atoms with van der Waals surface area (Å²) >= 11 is 0. The minimum atomic E-state index is -0.266. The van der Waals surface area contributed by atoms with Crippen LogP contribution in [0.15, 0.2) is 35.3 Å². The predicted molar refractivity (Wildman–Crippen MR) is 77.4 cm³/mol. The van der Waals surface area contributed by atoms with Gasteiger partial charge in [0.2, 0.25) is 5.90 Å². The number of ether oxygens (including phenoxy) is 1. The number of benzene rings is 1. The fourth-order valence-electron chi connectivity index (χ4n) is 2.59. The van der Waals surface area contributed by atoms with E-state index >= 15 is 0 Å². The molecule has 0 radical (unpaired) electrons. The van der Waals surface area contributed by atoms with Crippen LogP contribution in [0, 0.1) is 0 Å². The van der Waals surface area contributed by atoms with E-state index in [0.29, 0.717) is 6.61 Å². The van der Waals surface area contributed by atoms with E-state index in [-0.39, 0.29) is 23.6 Å². The maximum absolute atomic E-state index is 8.27. The fourth-order valence-corrected chi connectivity index (χ4v) is 2.59. The highest BCUT2D eigenvalue weighted by atomic mass is 16.5. The van der Waals surface area contributed by atoms with Crippen LogP contribution >= 0.6 is 0 Å². The molecule has 0 aliphatic carbocycles. The number of hydrogen-bond donors (Lipinski definition) is 0. The molecular formula is C16H22N2O. The molecular weight excluding hydrogens is 236 g/mol. The van der Waals surface area contributed by atoms with Gasteiger partial charge in [-0.3, -0.25) is 4.90 Å². The number of aliphatic imine (C=N–C) groups is 1. The maximum atomic E-state index is 8.27. The third-order valence-electron chi connectivity index (χ3n) is 3.88. The third kappa shape index (κ3) is 2.27. The Hall–Kier alpha value is -1.35. The van der Waals surface area contributed by atoms with Crippen LogP contribution in [-0.2, 0) is 10.3 Å². The molecule has 0 saturated carbocycles. The quantitative estimate of drug-likeness (QED) is 0.780. The Balaban J connectivity index is 1.83. The first-order valence-corrected chi connectivity index (χ1v) is 6.82. The molecule has 1 saturated heterocycles. The lowest BCUT2D eigenvalue weighted by Crippen LogP contribution is -2.31. The highest BCUT2D eigenvalue weighted by molar-refractivity contribution is 5.86. The molecule has 19 heavy (non-hydrogen) atoms. The van der Waals surface area contributed by atoms with E-state index in [1.165, 1.54) is 5.56 Å². The molecule has 2 aliphatic heterocycles.